The smallest absolute Gasteiger partial charge is 0.336 e. The van der Waals surface area contributed by atoms with E-state index in [1.54, 1.807) is 6.07 Å². The highest BCUT2D eigenvalue weighted by Crippen LogP contribution is 2.36. The third kappa shape index (κ3) is 4.01. The van der Waals surface area contributed by atoms with E-state index in [-0.39, 0.29) is 5.56 Å². The number of hydrogen-bond acceptors (Lipinski definition) is 6. The third-order valence-electron chi connectivity index (χ3n) is 6.14. The number of benzene rings is 1. The fourth-order valence-corrected chi connectivity index (χ4v) is 4.42. The van der Waals surface area contributed by atoms with Crippen LogP contribution in [0.25, 0.3) is 11.1 Å². The lowest BCUT2D eigenvalue weighted by molar-refractivity contribution is -0.231. The molecule has 0 bridgehead atoms. The first kappa shape index (κ1) is 22.4. The summed E-state index contributed by atoms with van der Waals surface area (Å²) in [5, 5.41) is 50.1. The summed E-state index contributed by atoms with van der Waals surface area (Å²) in [6, 6.07) is 16.6. The van der Waals surface area contributed by atoms with Gasteiger partial charge in [-0.1, -0.05) is 48.5 Å². The molecule has 1 fully saturated rings. The van der Waals surface area contributed by atoms with Gasteiger partial charge < -0.3 is 30.3 Å². The van der Waals surface area contributed by atoms with E-state index in [4.69, 9.17) is 4.74 Å². The van der Waals surface area contributed by atoms with Crippen LogP contribution in [-0.4, -0.2) is 62.5 Å². The highest BCUT2D eigenvalue weighted by molar-refractivity contribution is 5.99. The second kappa shape index (κ2) is 8.97. The van der Waals surface area contributed by atoms with Crippen molar-refractivity contribution in [2.45, 2.75) is 43.9 Å². The quantitative estimate of drug-likeness (QED) is 0.412. The van der Waals surface area contributed by atoms with Crippen molar-refractivity contribution in [1.29, 1.82) is 0 Å². The Kier molecular flexibility index (Phi) is 6.28. The van der Waals surface area contributed by atoms with Gasteiger partial charge in [-0.15, -0.1) is 0 Å². The molecule has 5 N–H and O–H groups in total. The fourth-order valence-electron chi connectivity index (χ4n) is 4.42. The SMILES string of the molecule is Cc1ccc(Cc2cc3cccccc-3c2C(=O)O)cc1[C@@H]1O[C@H](CO)[C@@H](O)[C@H](O)[C@H]1O. The van der Waals surface area contributed by atoms with Gasteiger partial charge in [0.05, 0.1) is 12.2 Å². The zero-order chi connectivity index (χ0) is 23.0. The molecule has 168 valence electrons. The van der Waals surface area contributed by atoms with Crippen molar-refractivity contribution < 1.29 is 35.1 Å². The van der Waals surface area contributed by atoms with Crippen molar-refractivity contribution in [3.63, 3.8) is 0 Å². The maximum Gasteiger partial charge on any atom is 0.336 e. The number of carboxylic acids is 1. The molecule has 4 rings (SSSR count). The predicted octanol–water partition coefficient (Wildman–Crippen LogP) is 1.90. The van der Waals surface area contributed by atoms with Crippen LogP contribution in [0, 0.1) is 6.92 Å². The first-order chi connectivity index (χ1) is 15.3. The molecule has 3 aliphatic rings. The number of aryl methyl sites for hydroxylation is 1. The van der Waals surface area contributed by atoms with E-state index in [1.807, 2.05) is 55.5 Å². The number of hydrogen-bond donors (Lipinski definition) is 5. The van der Waals surface area contributed by atoms with Crippen molar-refractivity contribution in [2.24, 2.45) is 0 Å². The summed E-state index contributed by atoms with van der Waals surface area (Å²) >= 11 is 0. The lowest BCUT2D eigenvalue weighted by Crippen LogP contribution is -2.55. The zero-order valence-electron chi connectivity index (χ0n) is 17.5. The molecule has 5 atom stereocenters. The number of aromatic carboxylic acids is 1. The minimum Gasteiger partial charge on any atom is -0.478 e. The van der Waals surface area contributed by atoms with Crippen LogP contribution in [0.15, 0.2) is 54.6 Å². The van der Waals surface area contributed by atoms with Gasteiger partial charge in [0.1, 0.15) is 30.5 Å². The highest BCUT2D eigenvalue weighted by atomic mass is 16.5. The van der Waals surface area contributed by atoms with Crippen molar-refractivity contribution in [2.75, 3.05) is 6.61 Å². The normalized spacial score (nSPS) is 25.7. The number of carbonyl (C=O) groups is 1. The van der Waals surface area contributed by atoms with Gasteiger partial charge in [0.25, 0.3) is 0 Å². The van der Waals surface area contributed by atoms with Gasteiger partial charge in [-0.05, 0) is 52.8 Å². The summed E-state index contributed by atoms with van der Waals surface area (Å²) in [4.78, 5) is 12.0. The number of rotatable bonds is 5. The third-order valence-corrected chi connectivity index (χ3v) is 6.14. The van der Waals surface area contributed by atoms with Crippen LogP contribution in [0.1, 0.15) is 38.7 Å². The van der Waals surface area contributed by atoms with Crippen LogP contribution < -0.4 is 0 Å². The second-order valence-corrected chi connectivity index (χ2v) is 8.25. The Morgan fingerprint density at radius 1 is 0.969 bits per heavy atom. The minimum atomic E-state index is -1.46. The number of ether oxygens (including phenoxy) is 1. The second-order valence-electron chi connectivity index (χ2n) is 8.25. The van der Waals surface area contributed by atoms with Gasteiger partial charge in [0.15, 0.2) is 0 Å². The molecular weight excluding hydrogens is 412 g/mol. The van der Waals surface area contributed by atoms with Crippen molar-refractivity contribution >= 4 is 5.97 Å². The van der Waals surface area contributed by atoms with Crippen LogP contribution in [0.4, 0.5) is 0 Å². The van der Waals surface area contributed by atoms with Crippen LogP contribution in [0.5, 0.6) is 0 Å². The summed E-state index contributed by atoms with van der Waals surface area (Å²) in [6.45, 7) is 1.33. The van der Waals surface area contributed by atoms with Gasteiger partial charge in [-0.2, -0.15) is 0 Å². The topological polar surface area (TPSA) is 127 Å². The number of aliphatic hydroxyl groups is 4. The van der Waals surface area contributed by atoms with Crippen LogP contribution in [-0.2, 0) is 11.2 Å². The first-order valence-corrected chi connectivity index (χ1v) is 10.5. The molecule has 1 saturated heterocycles. The Labute approximate surface area is 185 Å². The molecular formula is C25H26O7. The fraction of sp³-hybridized carbons (Fsp3) is 0.320. The lowest BCUT2D eigenvalue weighted by Gasteiger charge is -2.40. The lowest BCUT2D eigenvalue weighted by atomic mass is 9.88. The maximum absolute atomic E-state index is 12.0. The first-order valence-electron chi connectivity index (χ1n) is 10.5. The summed E-state index contributed by atoms with van der Waals surface area (Å²) in [5.41, 5.74) is 4.65. The Bertz CT molecular complexity index is 1090. The van der Waals surface area contributed by atoms with Gasteiger partial charge in [0.2, 0.25) is 0 Å². The minimum absolute atomic E-state index is 0.256. The van der Waals surface area contributed by atoms with Crippen LogP contribution >= 0.6 is 0 Å². The van der Waals surface area contributed by atoms with Gasteiger partial charge in [0, 0.05) is 0 Å². The standard InChI is InChI=1S/C25H26O7/c1-13-7-8-14(10-18(13)24-23(29)22(28)21(27)19(12-26)32-24)9-16-11-15-5-3-2-4-6-17(15)20(16)25(30)31/h2-8,10-11,19,21-24,26-29H,9,12H2,1H3,(H,30,31)/t19-,21-,22+,23-,24+/m1/s1. The van der Waals surface area contributed by atoms with E-state index in [2.05, 4.69) is 0 Å². The molecule has 0 unspecified atom stereocenters. The number of carboxylic acid groups (broad SMARTS) is 1. The van der Waals surface area contributed by atoms with Crippen molar-refractivity contribution in [1.82, 2.24) is 0 Å². The molecule has 0 saturated carbocycles. The zero-order valence-corrected chi connectivity index (χ0v) is 17.5. The van der Waals surface area contributed by atoms with E-state index >= 15 is 0 Å². The molecule has 0 spiro atoms. The monoisotopic (exact) mass is 438 g/mol. The van der Waals surface area contributed by atoms with Crippen molar-refractivity contribution in [3.8, 4) is 11.1 Å². The molecule has 1 aromatic carbocycles. The maximum atomic E-state index is 12.0. The van der Waals surface area contributed by atoms with Gasteiger partial charge in [-0.25, -0.2) is 4.79 Å². The largest absolute Gasteiger partial charge is 0.478 e. The Morgan fingerprint density at radius 2 is 1.72 bits per heavy atom. The van der Waals surface area contributed by atoms with Crippen LogP contribution in [0.2, 0.25) is 0 Å². The molecule has 0 aromatic heterocycles. The average Bonchev–Trinajstić information content (AvgIpc) is 2.94. The number of aliphatic hydroxyl groups excluding tert-OH is 4. The Hall–Kier alpha value is -2.81. The van der Waals surface area contributed by atoms with Gasteiger partial charge in [-0.3, -0.25) is 0 Å². The van der Waals surface area contributed by atoms with E-state index in [0.717, 1.165) is 16.7 Å². The molecule has 1 aromatic rings. The molecule has 7 nitrogen and oxygen atoms in total. The van der Waals surface area contributed by atoms with E-state index in [0.29, 0.717) is 23.1 Å². The Balaban J connectivity index is 1.71. The summed E-state index contributed by atoms with van der Waals surface area (Å²) < 4.78 is 5.72. The van der Waals surface area contributed by atoms with E-state index in [1.165, 1.54) is 0 Å². The van der Waals surface area contributed by atoms with E-state index < -0.39 is 43.1 Å². The summed E-state index contributed by atoms with van der Waals surface area (Å²) in [5.74, 6) is -0.998. The molecule has 1 aliphatic heterocycles. The molecule has 7 heteroatoms. The molecule has 1 heterocycles. The van der Waals surface area contributed by atoms with Gasteiger partial charge >= 0.3 is 5.97 Å². The highest BCUT2D eigenvalue weighted by Gasteiger charge is 2.44. The van der Waals surface area contributed by atoms with Crippen LogP contribution in [0.3, 0.4) is 0 Å². The van der Waals surface area contributed by atoms with E-state index in [9.17, 15) is 30.3 Å². The summed E-state index contributed by atoms with van der Waals surface area (Å²) in [6.07, 6.45) is -5.86. The average molecular weight is 438 g/mol. The molecule has 2 aliphatic carbocycles. The predicted molar refractivity (Wildman–Crippen MR) is 117 cm³/mol. The molecule has 32 heavy (non-hydrogen) atoms. The summed E-state index contributed by atoms with van der Waals surface area (Å²) in [7, 11) is 0. The number of fused-ring (bicyclic) bond motifs is 1. The molecule has 0 radical (unpaired) electrons. The Morgan fingerprint density at radius 3 is 2.44 bits per heavy atom. The van der Waals surface area contributed by atoms with Crippen molar-refractivity contribution in [3.05, 3.63) is 82.4 Å². The molecule has 0 amide bonds.